The predicted octanol–water partition coefficient (Wildman–Crippen LogP) is 3.97. The third-order valence-electron chi connectivity index (χ3n) is 3.19. The number of halogens is 2. The van der Waals surface area contributed by atoms with Gasteiger partial charge in [-0.25, -0.2) is 0 Å². The Hall–Kier alpha value is -1.72. The first-order chi connectivity index (χ1) is 12.0. The SMILES string of the molecule is CC.CC.COc1ccc(Cl)cc1CN1CCNC(N)=C1/C=C(\N)Cl. The fourth-order valence-electron chi connectivity index (χ4n) is 2.25. The van der Waals surface area contributed by atoms with E-state index in [0.717, 1.165) is 30.1 Å². The van der Waals surface area contributed by atoms with Gasteiger partial charge in [0.25, 0.3) is 0 Å². The van der Waals surface area contributed by atoms with E-state index in [4.69, 9.17) is 39.4 Å². The molecule has 0 aromatic heterocycles. The van der Waals surface area contributed by atoms with Gasteiger partial charge in [-0.15, -0.1) is 0 Å². The molecular formula is C18H30Cl2N4O. The van der Waals surface area contributed by atoms with E-state index in [9.17, 15) is 0 Å². The third kappa shape index (κ3) is 7.36. The van der Waals surface area contributed by atoms with Crippen molar-refractivity contribution in [3.8, 4) is 5.75 Å². The van der Waals surface area contributed by atoms with Gasteiger partial charge in [0, 0.05) is 30.2 Å². The molecule has 1 aliphatic heterocycles. The van der Waals surface area contributed by atoms with E-state index in [2.05, 4.69) is 10.2 Å². The fraction of sp³-hybridized carbons (Fsp3) is 0.444. The molecule has 5 N–H and O–H groups in total. The maximum Gasteiger partial charge on any atom is 0.123 e. The molecule has 0 atom stereocenters. The molecule has 1 heterocycles. The number of nitrogens with zero attached hydrogens (tertiary/aromatic N) is 1. The molecule has 1 aromatic carbocycles. The van der Waals surface area contributed by atoms with Gasteiger partial charge in [-0.1, -0.05) is 50.9 Å². The van der Waals surface area contributed by atoms with E-state index in [-0.39, 0.29) is 5.16 Å². The normalized spacial score (nSPS) is 13.9. The number of hydrogen-bond donors (Lipinski definition) is 3. The Morgan fingerprint density at radius 3 is 2.52 bits per heavy atom. The Labute approximate surface area is 161 Å². The van der Waals surface area contributed by atoms with Gasteiger partial charge >= 0.3 is 0 Å². The van der Waals surface area contributed by atoms with Crippen molar-refractivity contribution in [2.45, 2.75) is 34.2 Å². The van der Waals surface area contributed by atoms with Crippen molar-refractivity contribution in [2.75, 3.05) is 20.2 Å². The summed E-state index contributed by atoms with van der Waals surface area (Å²) in [4.78, 5) is 2.08. The predicted molar refractivity (Wildman–Crippen MR) is 108 cm³/mol. The van der Waals surface area contributed by atoms with Crippen molar-refractivity contribution in [1.29, 1.82) is 0 Å². The molecule has 1 aliphatic rings. The average Bonchev–Trinajstić information content (AvgIpc) is 2.61. The van der Waals surface area contributed by atoms with Crippen molar-refractivity contribution in [2.24, 2.45) is 11.5 Å². The highest BCUT2D eigenvalue weighted by Crippen LogP contribution is 2.26. The van der Waals surface area contributed by atoms with E-state index < -0.39 is 0 Å². The number of benzene rings is 1. The van der Waals surface area contributed by atoms with Crippen LogP contribution in [0, 0.1) is 0 Å². The van der Waals surface area contributed by atoms with Crippen LogP contribution in [0.25, 0.3) is 0 Å². The Balaban J connectivity index is 0.00000134. The first kappa shape index (κ1) is 23.3. The van der Waals surface area contributed by atoms with Gasteiger partial charge in [0.15, 0.2) is 0 Å². The van der Waals surface area contributed by atoms with Crippen LogP contribution in [-0.2, 0) is 6.54 Å². The molecule has 2 rings (SSSR count). The Kier molecular flexibility index (Phi) is 11.7. The number of ether oxygens (including phenoxy) is 1. The molecule has 0 radical (unpaired) electrons. The molecule has 5 nitrogen and oxygen atoms in total. The van der Waals surface area contributed by atoms with Crippen LogP contribution in [0.2, 0.25) is 5.02 Å². The van der Waals surface area contributed by atoms with Crippen molar-refractivity contribution < 1.29 is 4.74 Å². The van der Waals surface area contributed by atoms with Gasteiger partial charge in [-0.2, -0.15) is 0 Å². The van der Waals surface area contributed by atoms with Crippen LogP contribution < -0.4 is 21.5 Å². The molecule has 1 aromatic rings. The van der Waals surface area contributed by atoms with Crippen LogP contribution in [-0.4, -0.2) is 25.1 Å². The van der Waals surface area contributed by atoms with Crippen LogP contribution in [0.3, 0.4) is 0 Å². The molecule has 142 valence electrons. The minimum Gasteiger partial charge on any atom is -0.496 e. The summed E-state index contributed by atoms with van der Waals surface area (Å²) in [6.45, 7) is 10.1. The standard InChI is InChI=1S/C14H18Cl2N4O.2C2H6/c1-21-12-3-2-10(15)6-9(12)8-20-5-4-19-14(18)11(20)7-13(16)17;2*1-2/h2-3,6-7,19H,4-5,8,17-18H2,1H3;2*1-2H3/b13-7-;;. The second-order valence-corrected chi connectivity index (χ2v) is 5.51. The highest BCUT2D eigenvalue weighted by Gasteiger charge is 2.18. The lowest BCUT2D eigenvalue weighted by Gasteiger charge is -2.32. The lowest BCUT2D eigenvalue weighted by molar-refractivity contribution is 0.312. The maximum atomic E-state index is 6.06. The van der Waals surface area contributed by atoms with Crippen molar-refractivity contribution in [3.63, 3.8) is 0 Å². The second-order valence-electron chi connectivity index (χ2n) is 4.63. The first-order valence-corrected chi connectivity index (χ1v) is 9.20. The highest BCUT2D eigenvalue weighted by atomic mass is 35.5. The second kappa shape index (κ2) is 12.6. The van der Waals surface area contributed by atoms with Crippen molar-refractivity contribution in [1.82, 2.24) is 10.2 Å². The summed E-state index contributed by atoms with van der Waals surface area (Å²) in [5, 5.41) is 3.93. The fourth-order valence-corrected chi connectivity index (χ4v) is 2.55. The van der Waals surface area contributed by atoms with Crippen LogP contribution in [0.5, 0.6) is 5.75 Å². The van der Waals surface area contributed by atoms with E-state index in [1.807, 2.05) is 39.8 Å². The lowest BCUT2D eigenvalue weighted by Crippen LogP contribution is -2.41. The number of nitrogens with one attached hydrogen (secondary N) is 1. The van der Waals surface area contributed by atoms with E-state index >= 15 is 0 Å². The summed E-state index contributed by atoms with van der Waals surface area (Å²) in [6.07, 6.45) is 1.64. The molecule has 0 unspecified atom stereocenters. The van der Waals surface area contributed by atoms with Crippen molar-refractivity contribution >= 4 is 23.2 Å². The topological polar surface area (TPSA) is 76.5 Å². The highest BCUT2D eigenvalue weighted by molar-refractivity contribution is 6.30. The lowest BCUT2D eigenvalue weighted by atomic mass is 10.1. The number of methoxy groups -OCH3 is 1. The molecule has 0 saturated heterocycles. The molecule has 25 heavy (non-hydrogen) atoms. The Morgan fingerprint density at radius 2 is 1.96 bits per heavy atom. The molecule has 7 heteroatoms. The first-order valence-electron chi connectivity index (χ1n) is 8.45. The largest absolute Gasteiger partial charge is 0.496 e. The smallest absolute Gasteiger partial charge is 0.123 e. The van der Waals surface area contributed by atoms with Gasteiger partial charge in [0.05, 0.1) is 12.8 Å². The molecule has 0 bridgehead atoms. The molecule has 0 amide bonds. The minimum absolute atomic E-state index is 0.180. The van der Waals surface area contributed by atoms with E-state index in [1.165, 1.54) is 0 Å². The van der Waals surface area contributed by atoms with Gasteiger partial charge in [0.2, 0.25) is 0 Å². The summed E-state index contributed by atoms with van der Waals surface area (Å²) in [6, 6.07) is 5.52. The van der Waals surface area contributed by atoms with Gasteiger partial charge in [-0.05, 0) is 24.3 Å². The quantitative estimate of drug-likeness (QED) is 0.680. The summed E-state index contributed by atoms with van der Waals surface area (Å²) in [5.41, 5.74) is 13.3. The Bertz CT molecular complexity index is 584. The monoisotopic (exact) mass is 388 g/mol. The van der Waals surface area contributed by atoms with E-state index in [0.29, 0.717) is 17.4 Å². The van der Waals surface area contributed by atoms with Crippen LogP contribution in [0.4, 0.5) is 0 Å². The summed E-state index contributed by atoms with van der Waals surface area (Å²) >= 11 is 11.8. The van der Waals surface area contributed by atoms with Crippen LogP contribution in [0.1, 0.15) is 33.3 Å². The Morgan fingerprint density at radius 1 is 1.32 bits per heavy atom. The number of allylic oxidation sites excluding steroid dienone is 1. The zero-order chi connectivity index (χ0) is 19.4. The molecule has 0 fully saturated rings. The number of hydrogen-bond acceptors (Lipinski definition) is 5. The zero-order valence-corrected chi connectivity index (χ0v) is 17.2. The molecular weight excluding hydrogens is 359 g/mol. The maximum absolute atomic E-state index is 6.06. The molecule has 0 saturated carbocycles. The van der Waals surface area contributed by atoms with Crippen LogP contribution >= 0.6 is 23.2 Å². The minimum atomic E-state index is 0.180. The summed E-state index contributed by atoms with van der Waals surface area (Å²) in [7, 11) is 1.63. The van der Waals surface area contributed by atoms with Gasteiger partial charge < -0.3 is 26.4 Å². The van der Waals surface area contributed by atoms with Crippen LogP contribution in [0.15, 0.2) is 40.9 Å². The molecule has 0 aliphatic carbocycles. The van der Waals surface area contributed by atoms with Gasteiger partial charge in [0.1, 0.15) is 16.7 Å². The third-order valence-corrected chi connectivity index (χ3v) is 3.54. The summed E-state index contributed by atoms with van der Waals surface area (Å²) in [5.74, 6) is 1.32. The van der Waals surface area contributed by atoms with E-state index in [1.54, 1.807) is 19.3 Å². The number of nitrogens with two attached hydrogens (primary N) is 2. The average molecular weight is 389 g/mol. The zero-order valence-electron chi connectivity index (χ0n) is 15.7. The summed E-state index contributed by atoms with van der Waals surface area (Å²) < 4.78 is 5.37. The number of rotatable bonds is 4. The van der Waals surface area contributed by atoms with Gasteiger partial charge in [-0.3, -0.25) is 0 Å². The van der Waals surface area contributed by atoms with Crippen molar-refractivity contribution in [3.05, 3.63) is 51.5 Å². The molecule has 0 spiro atoms.